The van der Waals surface area contributed by atoms with Crippen LogP contribution in [0, 0.1) is 11.7 Å². The van der Waals surface area contributed by atoms with Crippen LogP contribution in [-0.4, -0.2) is 63.3 Å². The molecule has 1 aromatic heterocycles. The van der Waals surface area contributed by atoms with Gasteiger partial charge in [0.25, 0.3) is 5.91 Å². The van der Waals surface area contributed by atoms with Crippen molar-refractivity contribution in [2.75, 3.05) is 32.7 Å². The highest BCUT2D eigenvalue weighted by molar-refractivity contribution is 6.05. The van der Waals surface area contributed by atoms with Crippen molar-refractivity contribution in [2.24, 2.45) is 5.92 Å². The van der Waals surface area contributed by atoms with E-state index in [9.17, 15) is 14.3 Å². The number of likely N-dealkylation sites (tertiary alicyclic amines) is 1. The van der Waals surface area contributed by atoms with Gasteiger partial charge in [0.1, 0.15) is 17.3 Å². The Morgan fingerprint density at radius 2 is 1.87 bits per heavy atom. The first-order valence-electron chi connectivity index (χ1n) is 11.0. The summed E-state index contributed by atoms with van der Waals surface area (Å²) in [4.78, 5) is 17.5. The smallest absolute Gasteiger partial charge is 0.272 e. The van der Waals surface area contributed by atoms with Gasteiger partial charge in [-0.15, -0.1) is 0 Å². The van der Waals surface area contributed by atoms with Gasteiger partial charge in [-0.1, -0.05) is 24.3 Å². The predicted octanol–water partition coefficient (Wildman–Crippen LogP) is 3.29. The van der Waals surface area contributed by atoms with Crippen molar-refractivity contribution in [3.8, 4) is 5.75 Å². The fourth-order valence-electron chi connectivity index (χ4n) is 4.83. The van der Waals surface area contributed by atoms with Gasteiger partial charge in [0.2, 0.25) is 0 Å². The maximum absolute atomic E-state index is 13.9. The molecule has 0 spiro atoms. The van der Waals surface area contributed by atoms with Gasteiger partial charge in [-0.05, 0) is 56.0 Å². The Balaban J connectivity index is 1.15. The highest BCUT2D eigenvalue weighted by Crippen LogP contribution is 2.26. The number of hydrogen-bond acceptors (Lipinski definition) is 4. The van der Waals surface area contributed by atoms with E-state index in [-0.39, 0.29) is 17.5 Å². The second-order valence-electron chi connectivity index (χ2n) is 8.65. The quantitative estimate of drug-likeness (QED) is 0.686. The number of halogens is 1. The van der Waals surface area contributed by atoms with Crippen LogP contribution in [-0.2, 0) is 13.0 Å². The summed E-state index contributed by atoms with van der Waals surface area (Å²) in [6, 6.07) is 12.2. The number of rotatable bonds is 5. The van der Waals surface area contributed by atoms with Gasteiger partial charge in [-0.3, -0.25) is 9.48 Å². The lowest BCUT2D eigenvalue weighted by molar-refractivity contribution is 0.0630. The van der Waals surface area contributed by atoms with Crippen molar-refractivity contribution in [2.45, 2.75) is 25.8 Å². The monoisotopic (exact) mass is 422 g/mol. The van der Waals surface area contributed by atoms with Gasteiger partial charge in [0.15, 0.2) is 0 Å². The Morgan fingerprint density at radius 3 is 2.68 bits per heavy atom. The van der Waals surface area contributed by atoms with E-state index in [0.29, 0.717) is 24.4 Å². The minimum atomic E-state index is -0.342. The molecule has 0 bridgehead atoms. The van der Waals surface area contributed by atoms with Crippen LogP contribution in [0.25, 0.3) is 10.9 Å². The molecule has 162 valence electrons. The molecule has 5 rings (SSSR count). The van der Waals surface area contributed by atoms with Crippen LogP contribution in [0.4, 0.5) is 4.39 Å². The van der Waals surface area contributed by atoms with Crippen LogP contribution in [0.15, 0.2) is 42.5 Å². The molecule has 0 aliphatic carbocycles. The lowest BCUT2D eigenvalue weighted by Gasteiger charge is -2.36. The lowest BCUT2D eigenvalue weighted by Crippen LogP contribution is -2.45. The summed E-state index contributed by atoms with van der Waals surface area (Å²) >= 11 is 0. The Kier molecular flexibility index (Phi) is 5.36. The van der Waals surface area contributed by atoms with E-state index < -0.39 is 0 Å². The number of piperidine rings is 1. The summed E-state index contributed by atoms with van der Waals surface area (Å²) in [6.45, 7) is 4.98. The zero-order valence-corrected chi connectivity index (χ0v) is 17.5. The van der Waals surface area contributed by atoms with E-state index in [1.807, 2.05) is 33.8 Å². The molecule has 2 aliphatic heterocycles. The highest BCUT2D eigenvalue weighted by Gasteiger charge is 2.30. The summed E-state index contributed by atoms with van der Waals surface area (Å²) in [5, 5.41) is 14.9. The molecular weight excluding hydrogens is 395 g/mol. The van der Waals surface area contributed by atoms with Crippen molar-refractivity contribution in [3.63, 3.8) is 0 Å². The molecule has 0 saturated carbocycles. The third-order valence-electron chi connectivity index (χ3n) is 6.64. The zero-order chi connectivity index (χ0) is 21.4. The number of carbonyl (C=O) groups excluding carboxylic acids is 1. The van der Waals surface area contributed by atoms with Crippen LogP contribution in [0.3, 0.4) is 0 Å². The maximum atomic E-state index is 13.9. The number of hydrogen-bond donors (Lipinski definition) is 1. The largest absolute Gasteiger partial charge is 0.508 e. The molecule has 1 N–H and O–H groups in total. The Bertz CT molecular complexity index is 1100. The number of benzene rings is 2. The van der Waals surface area contributed by atoms with Crippen LogP contribution < -0.4 is 0 Å². The Morgan fingerprint density at radius 1 is 1.06 bits per heavy atom. The number of amides is 1. The first kappa shape index (κ1) is 20.0. The van der Waals surface area contributed by atoms with Crippen LogP contribution in [0.2, 0.25) is 0 Å². The molecule has 0 unspecified atom stereocenters. The lowest BCUT2D eigenvalue weighted by atomic mass is 9.95. The van der Waals surface area contributed by atoms with Crippen molar-refractivity contribution >= 4 is 16.8 Å². The third kappa shape index (κ3) is 4.02. The van der Waals surface area contributed by atoms with Gasteiger partial charge in [0.05, 0.1) is 12.1 Å². The molecule has 2 aromatic carbocycles. The molecule has 1 amide bonds. The van der Waals surface area contributed by atoms with E-state index in [1.54, 1.807) is 6.07 Å². The van der Waals surface area contributed by atoms with Crippen molar-refractivity contribution in [3.05, 3.63) is 59.5 Å². The third-order valence-corrected chi connectivity index (χ3v) is 6.64. The van der Waals surface area contributed by atoms with E-state index in [2.05, 4.69) is 10.00 Å². The number of phenols is 1. The molecule has 0 radical (unpaired) electrons. The van der Waals surface area contributed by atoms with Gasteiger partial charge in [0, 0.05) is 31.1 Å². The Hall–Kier alpha value is -2.93. The summed E-state index contributed by atoms with van der Waals surface area (Å²) < 4.78 is 15.8. The highest BCUT2D eigenvalue weighted by atomic mass is 19.1. The summed E-state index contributed by atoms with van der Waals surface area (Å²) in [6.07, 6.45) is 2.72. The van der Waals surface area contributed by atoms with E-state index in [4.69, 9.17) is 0 Å². The predicted molar refractivity (Wildman–Crippen MR) is 117 cm³/mol. The molecule has 3 heterocycles. The number of phenolic OH excluding ortho intramolecular Hbond substituents is 1. The first-order valence-corrected chi connectivity index (χ1v) is 11.0. The fourth-order valence-corrected chi connectivity index (χ4v) is 4.83. The minimum Gasteiger partial charge on any atom is -0.508 e. The molecule has 1 fully saturated rings. The normalized spacial score (nSPS) is 18.0. The van der Waals surface area contributed by atoms with Crippen LogP contribution in [0.1, 0.15) is 28.9 Å². The van der Waals surface area contributed by atoms with Crippen molar-refractivity contribution in [1.29, 1.82) is 0 Å². The van der Waals surface area contributed by atoms with E-state index in [0.717, 1.165) is 62.2 Å². The molecular formula is C24H27FN4O2. The molecule has 2 aliphatic rings. The van der Waals surface area contributed by atoms with Crippen LogP contribution >= 0.6 is 0 Å². The second kappa shape index (κ2) is 8.30. The minimum absolute atomic E-state index is 0.0367. The fraction of sp³-hybridized carbons (Fsp3) is 0.417. The number of fused-ring (bicyclic) bond motifs is 3. The van der Waals surface area contributed by atoms with E-state index >= 15 is 0 Å². The molecule has 31 heavy (non-hydrogen) atoms. The zero-order valence-electron chi connectivity index (χ0n) is 17.5. The summed E-state index contributed by atoms with van der Waals surface area (Å²) in [5.74, 6) is 0.201. The Labute approximate surface area is 180 Å². The average Bonchev–Trinajstić information content (AvgIpc) is 3.15. The van der Waals surface area contributed by atoms with Gasteiger partial charge >= 0.3 is 0 Å². The second-order valence-corrected chi connectivity index (χ2v) is 8.65. The first-order chi connectivity index (χ1) is 15.1. The average molecular weight is 423 g/mol. The van der Waals surface area contributed by atoms with Crippen molar-refractivity contribution in [1.82, 2.24) is 19.6 Å². The van der Waals surface area contributed by atoms with Gasteiger partial charge in [-0.2, -0.15) is 5.10 Å². The number of aromatic hydroxyl groups is 1. The number of carbonyl (C=O) groups is 1. The number of nitrogens with zero attached hydrogens (tertiary/aromatic N) is 4. The molecule has 1 saturated heterocycles. The molecule has 6 nitrogen and oxygen atoms in total. The van der Waals surface area contributed by atoms with Crippen LogP contribution in [0.5, 0.6) is 5.75 Å². The summed E-state index contributed by atoms with van der Waals surface area (Å²) in [5.41, 5.74) is 2.24. The van der Waals surface area contributed by atoms with E-state index in [1.165, 1.54) is 12.1 Å². The number of aromatic nitrogens is 2. The summed E-state index contributed by atoms with van der Waals surface area (Å²) in [7, 11) is 0. The molecule has 7 heteroatoms. The SMILES string of the molecule is O=C1c2c3ccccc3nn2CCN1CC1CCN(CCc2ccc(O)cc2F)CC1. The maximum Gasteiger partial charge on any atom is 0.272 e. The van der Waals surface area contributed by atoms with Gasteiger partial charge < -0.3 is 14.9 Å². The topological polar surface area (TPSA) is 61.6 Å². The molecule has 3 aromatic rings. The molecule has 0 atom stereocenters. The standard InChI is InChI=1S/C24H27FN4O2/c25-21-15-19(30)6-5-18(21)9-12-27-10-7-17(8-11-27)16-28-13-14-29-23(24(28)31)20-3-1-2-4-22(20)26-29/h1-6,15,17,30H,7-14,16H2. The van der Waals surface area contributed by atoms with Crippen molar-refractivity contribution < 1.29 is 14.3 Å². The van der Waals surface area contributed by atoms with Gasteiger partial charge in [-0.25, -0.2) is 4.39 Å².